The largest absolute Gasteiger partial charge is 0.350 e. The first kappa shape index (κ1) is 21.0. The number of fused-ring (bicyclic) bond motifs is 2. The van der Waals surface area contributed by atoms with Gasteiger partial charge in [-0.05, 0) is 68.0 Å². The number of nitrogens with zero attached hydrogens (tertiary/aromatic N) is 2. The second-order valence-corrected chi connectivity index (χ2v) is 8.29. The number of carbonyl (C=O) groups excluding carboxylic acids is 3. The minimum atomic E-state index is -0.621. The summed E-state index contributed by atoms with van der Waals surface area (Å²) in [5.74, 6) is -1.53. The van der Waals surface area contributed by atoms with Crippen LogP contribution in [0.1, 0.15) is 46.3 Å². The Morgan fingerprint density at radius 1 is 1.10 bits per heavy atom. The van der Waals surface area contributed by atoms with Crippen molar-refractivity contribution >= 4 is 23.4 Å². The highest BCUT2D eigenvalue weighted by Crippen LogP contribution is 2.32. The van der Waals surface area contributed by atoms with Gasteiger partial charge in [-0.15, -0.1) is 0 Å². The molecule has 0 spiro atoms. The second-order valence-electron chi connectivity index (χ2n) is 8.29. The molecule has 2 aliphatic heterocycles. The molecule has 7 heteroatoms. The Labute approximate surface area is 181 Å². The minimum Gasteiger partial charge on any atom is -0.350 e. The number of anilines is 1. The molecule has 1 unspecified atom stereocenters. The van der Waals surface area contributed by atoms with Gasteiger partial charge in [-0.1, -0.05) is 18.2 Å². The van der Waals surface area contributed by atoms with Crippen LogP contribution in [0.15, 0.2) is 36.4 Å². The quantitative estimate of drug-likeness (QED) is 0.822. The van der Waals surface area contributed by atoms with Gasteiger partial charge in [0.25, 0.3) is 5.91 Å². The summed E-state index contributed by atoms with van der Waals surface area (Å²) in [7, 11) is 0. The van der Waals surface area contributed by atoms with E-state index in [1.807, 2.05) is 32.0 Å². The first-order chi connectivity index (χ1) is 14.8. The zero-order valence-electron chi connectivity index (χ0n) is 17.8. The van der Waals surface area contributed by atoms with E-state index in [4.69, 9.17) is 0 Å². The number of halogens is 1. The Kier molecular flexibility index (Phi) is 5.76. The highest BCUT2D eigenvalue weighted by Gasteiger charge is 2.41. The summed E-state index contributed by atoms with van der Waals surface area (Å²) in [6.07, 6.45) is 2.18. The lowest BCUT2D eigenvalue weighted by Crippen LogP contribution is -2.52. The molecule has 3 amide bonds. The van der Waals surface area contributed by atoms with E-state index in [-0.39, 0.29) is 35.5 Å². The summed E-state index contributed by atoms with van der Waals surface area (Å²) >= 11 is 0. The van der Waals surface area contributed by atoms with E-state index in [1.54, 1.807) is 0 Å². The summed E-state index contributed by atoms with van der Waals surface area (Å²) in [5.41, 5.74) is 3.69. The molecule has 0 radical (unpaired) electrons. The SMILES string of the molecule is Cc1ccc(CNC(=O)CN2C(=O)C3CCCCN3C(=O)c3cc(F)ccc32)cc1C. The lowest BCUT2D eigenvalue weighted by Gasteiger charge is -2.34. The monoisotopic (exact) mass is 423 g/mol. The smallest absolute Gasteiger partial charge is 0.256 e. The van der Waals surface area contributed by atoms with Crippen molar-refractivity contribution in [3.05, 3.63) is 64.5 Å². The van der Waals surface area contributed by atoms with Crippen LogP contribution < -0.4 is 10.2 Å². The third-order valence-electron chi connectivity index (χ3n) is 6.16. The first-order valence-corrected chi connectivity index (χ1v) is 10.6. The van der Waals surface area contributed by atoms with Crippen LogP contribution >= 0.6 is 0 Å². The molecule has 2 aromatic rings. The van der Waals surface area contributed by atoms with Crippen LogP contribution in [0.2, 0.25) is 0 Å². The van der Waals surface area contributed by atoms with Gasteiger partial charge in [0, 0.05) is 13.1 Å². The van der Waals surface area contributed by atoms with Gasteiger partial charge < -0.3 is 15.1 Å². The van der Waals surface area contributed by atoms with Crippen LogP contribution in [-0.2, 0) is 16.1 Å². The van der Waals surface area contributed by atoms with Gasteiger partial charge in [-0.3, -0.25) is 14.4 Å². The lowest BCUT2D eigenvalue weighted by molar-refractivity contribution is -0.126. The molecule has 1 saturated heterocycles. The predicted molar refractivity (Wildman–Crippen MR) is 115 cm³/mol. The Balaban J connectivity index is 1.57. The van der Waals surface area contributed by atoms with Gasteiger partial charge in [0.15, 0.2) is 0 Å². The van der Waals surface area contributed by atoms with Gasteiger partial charge in [0.1, 0.15) is 18.4 Å². The molecule has 2 aliphatic rings. The van der Waals surface area contributed by atoms with Crippen LogP contribution in [0.5, 0.6) is 0 Å². The fourth-order valence-corrected chi connectivity index (χ4v) is 4.28. The van der Waals surface area contributed by atoms with E-state index in [2.05, 4.69) is 5.32 Å². The number of piperidine rings is 1. The summed E-state index contributed by atoms with van der Waals surface area (Å²) in [4.78, 5) is 42.0. The predicted octanol–water partition coefficient (Wildman–Crippen LogP) is 3.10. The van der Waals surface area contributed by atoms with E-state index in [9.17, 15) is 18.8 Å². The molecule has 0 aromatic heterocycles. The van der Waals surface area contributed by atoms with Gasteiger partial charge >= 0.3 is 0 Å². The maximum Gasteiger partial charge on any atom is 0.256 e. The van der Waals surface area contributed by atoms with E-state index in [1.165, 1.54) is 27.5 Å². The molecule has 31 heavy (non-hydrogen) atoms. The maximum absolute atomic E-state index is 13.9. The average Bonchev–Trinajstić information content (AvgIpc) is 2.84. The molecular formula is C24H26FN3O3. The molecule has 2 heterocycles. The van der Waals surface area contributed by atoms with E-state index >= 15 is 0 Å². The van der Waals surface area contributed by atoms with Gasteiger partial charge in [0.05, 0.1) is 11.3 Å². The standard InChI is InChI=1S/C24H26FN3O3/c1-15-6-7-17(11-16(15)2)13-26-22(29)14-28-20-9-8-18(25)12-19(20)23(30)27-10-4-3-5-21(27)24(28)31/h6-9,11-12,21H,3-5,10,13-14H2,1-2H3,(H,26,29). The number of aryl methyl sites for hydroxylation is 2. The molecular weight excluding hydrogens is 397 g/mol. The summed E-state index contributed by atoms with van der Waals surface area (Å²) in [6, 6.07) is 9.13. The summed E-state index contributed by atoms with van der Waals surface area (Å²) < 4.78 is 13.9. The Hall–Kier alpha value is -3.22. The number of amides is 3. The van der Waals surface area contributed by atoms with Gasteiger partial charge in [-0.2, -0.15) is 0 Å². The van der Waals surface area contributed by atoms with Crippen LogP contribution in [0.25, 0.3) is 0 Å². The molecule has 6 nitrogen and oxygen atoms in total. The molecule has 1 fully saturated rings. The molecule has 0 bridgehead atoms. The number of nitrogens with one attached hydrogen (secondary N) is 1. The zero-order chi connectivity index (χ0) is 22.1. The van der Waals surface area contributed by atoms with Crippen LogP contribution in [-0.4, -0.2) is 41.8 Å². The fourth-order valence-electron chi connectivity index (χ4n) is 4.28. The van der Waals surface area contributed by atoms with E-state index < -0.39 is 11.9 Å². The highest BCUT2D eigenvalue weighted by molar-refractivity contribution is 6.12. The average molecular weight is 423 g/mol. The molecule has 1 N–H and O–H groups in total. The Morgan fingerprint density at radius 2 is 1.90 bits per heavy atom. The van der Waals surface area contributed by atoms with Crippen LogP contribution in [0, 0.1) is 19.7 Å². The number of rotatable bonds is 4. The second kappa shape index (κ2) is 8.49. The first-order valence-electron chi connectivity index (χ1n) is 10.6. The number of carbonyl (C=O) groups is 3. The summed E-state index contributed by atoms with van der Waals surface area (Å²) in [5, 5.41) is 2.85. The van der Waals surface area contributed by atoms with Crippen molar-refractivity contribution in [3.8, 4) is 0 Å². The molecule has 1 atom stereocenters. The topological polar surface area (TPSA) is 69.7 Å². The van der Waals surface area contributed by atoms with Crippen molar-refractivity contribution in [2.45, 2.75) is 45.7 Å². The minimum absolute atomic E-state index is 0.125. The van der Waals surface area contributed by atoms with Crippen LogP contribution in [0.3, 0.4) is 0 Å². The van der Waals surface area contributed by atoms with Crippen molar-refractivity contribution in [1.29, 1.82) is 0 Å². The van der Waals surface area contributed by atoms with Crippen LogP contribution in [0.4, 0.5) is 10.1 Å². The summed E-state index contributed by atoms with van der Waals surface area (Å²) in [6.45, 7) is 4.61. The number of hydrogen-bond acceptors (Lipinski definition) is 3. The zero-order valence-corrected chi connectivity index (χ0v) is 17.8. The molecule has 0 aliphatic carbocycles. The van der Waals surface area contributed by atoms with Crippen molar-refractivity contribution < 1.29 is 18.8 Å². The van der Waals surface area contributed by atoms with Gasteiger partial charge in [-0.25, -0.2) is 4.39 Å². The van der Waals surface area contributed by atoms with E-state index in [0.717, 1.165) is 30.0 Å². The third kappa shape index (κ3) is 4.17. The third-order valence-corrected chi connectivity index (χ3v) is 6.16. The molecule has 2 aromatic carbocycles. The highest BCUT2D eigenvalue weighted by atomic mass is 19.1. The Morgan fingerprint density at radius 3 is 2.68 bits per heavy atom. The lowest BCUT2D eigenvalue weighted by atomic mass is 10.0. The molecule has 162 valence electrons. The fraction of sp³-hybridized carbons (Fsp3) is 0.375. The van der Waals surface area contributed by atoms with E-state index in [0.29, 0.717) is 19.5 Å². The Bertz CT molecular complexity index is 1050. The number of benzene rings is 2. The van der Waals surface area contributed by atoms with Crippen molar-refractivity contribution in [2.24, 2.45) is 0 Å². The van der Waals surface area contributed by atoms with Gasteiger partial charge in [0.2, 0.25) is 11.8 Å². The maximum atomic E-state index is 13.9. The number of hydrogen-bond donors (Lipinski definition) is 1. The van der Waals surface area contributed by atoms with Crippen molar-refractivity contribution in [1.82, 2.24) is 10.2 Å². The normalized spacial score (nSPS) is 18.4. The van der Waals surface area contributed by atoms with Crippen molar-refractivity contribution in [2.75, 3.05) is 18.0 Å². The van der Waals surface area contributed by atoms with Crippen molar-refractivity contribution in [3.63, 3.8) is 0 Å². The molecule has 4 rings (SSSR count). The molecule has 0 saturated carbocycles.